The Morgan fingerprint density at radius 1 is 1.39 bits per heavy atom. The van der Waals surface area contributed by atoms with Gasteiger partial charge in [0, 0.05) is 5.56 Å². The number of hydrogen-bond donors (Lipinski definition) is 2. The second-order valence-corrected chi connectivity index (χ2v) is 6.28. The van der Waals surface area contributed by atoms with Gasteiger partial charge in [0.25, 0.3) is 0 Å². The van der Waals surface area contributed by atoms with Crippen LogP contribution in [0, 0.1) is 5.92 Å². The fraction of sp³-hybridized carbons (Fsp3) is 0.417. The maximum Gasteiger partial charge on any atom is 0.232 e. The highest BCUT2D eigenvalue weighted by Crippen LogP contribution is 2.18. The molecule has 2 N–H and O–H groups in total. The van der Waals surface area contributed by atoms with Gasteiger partial charge in [-0.05, 0) is 18.9 Å². The minimum Gasteiger partial charge on any atom is -0.411 e. The number of benzene rings is 1. The second-order valence-electron chi connectivity index (χ2n) is 4.51. The van der Waals surface area contributed by atoms with E-state index in [9.17, 15) is 8.42 Å². The molecule has 5 nitrogen and oxygen atoms in total. The standard InChI is InChI=1S/C12H18N2O3S/c1-9(2)8-18(16,17)14-12-7-5-4-6-11(12)10(3)13-15/h4-7,9,14-15H,8H2,1-3H3. The van der Waals surface area contributed by atoms with Gasteiger partial charge in [0.2, 0.25) is 10.0 Å². The van der Waals surface area contributed by atoms with Crippen LogP contribution in [0.25, 0.3) is 0 Å². The van der Waals surface area contributed by atoms with Gasteiger partial charge in [0.05, 0.1) is 17.2 Å². The van der Waals surface area contributed by atoms with E-state index in [1.165, 1.54) is 0 Å². The molecule has 0 aliphatic rings. The maximum absolute atomic E-state index is 11.9. The van der Waals surface area contributed by atoms with Crippen LogP contribution in [0.3, 0.4) is 0 Å². The molecule has 1 rings (SSSR count). The fourth-order valence-corrected chi connectivity index (χ4v) is 3.06. The first-order valence-electron chi connectivity index (χ1n) is 5.64. The SMILES string of the molecule is CC(=NO)c1ccccc1NS(=O)(=O)CC(C)C. The Morgan fingerprint density at radius 2 is 2.00 bits per heavy atom. The monoisotopic (exact) mass is 270 g/mol. The summed E-state index contributed by atoms with van der Waals surface area (Å²) in [6.45, 7) is 5.28. The van der Waals surface area contributed by atoms with Crippen LogP contribution in [0.4, 0.5) is 5.69 Å². The van der Waals surface area contributed by atoms with Crippen molar-refractivity contribution < 1.29 is 13.6 Å². The number of sulfonamides is 1. The van der Waals surface area contributed by atoms with Crippen molar-refractivity contribution in [2.24, 2.45) is 11.1 Å². The third-order valence-corrected chi connectivity index (χ3v) is 3.92. The molecule has 0 atom stereocenters. The van der Waals surface area contributed by atoms with Crippen molar-refractivity contribution in [2.45, 2.75) is 20.8 Å². The number of hydrogen-bond acceptors (Lipinski definition) is 4. The summed E-state index contributed by atoms with van der Waals surface area (Å²) in [6.07, 6.45) is 0. The third-order valence-electron chi connectivity index (χ3n) is 2.29. The average Bonchev–Trinajstić information content (AvgIpc) is 2.26. The van der Waals surface area contributed by atoms with Crippen molar-refractivity contribution in [1.29, 1.82) is 0 Å². The van der Waals surface area contributed by atoms with E-state index < -0.39 is 10.0 Å². The highest BCUT2D eigenvalue weighted by atomic mass is 32.2. The summed E-state index contributed by atoms with van der Waals surface area (Å²) in [4.78, 5) is 0. The maximum atomic E-state index is 11.9. The molecular weight excluding hydrogens is 252 g/mol. The predicted octanol–water partition coefficient (Wildman–Crippen LogP) is 2.28. The summed E-state index contributed by atoms with van der Waals surface area (Å²) in [5.41, 5.74) is 1.35. The van der Waals surface area contributed by atoms with Gasteiger partial charge in [-0.3, -0.25) is 4.72 Å². The smallest absolute Gasteiger partial charge is 0.232 e. The average molecular weight is 270 g/mol. The summed E-state index contributed by atoms with van der Waals surface area (Å²) >= 11 is 0. The molecule has 0 amide bonds. The summed E-state index contributed by atoms with van der Waals surface area (Å²) in [5, 5.41) is 11.9. The molecule has 0 fully saturated rings. The van der Waals surface area contributed by atoms with Gasteiger partial charge in [0.15, 0.2) is 0 Å². The first kappa shape index (κ1) is 14.5. The Kier molecular flexibility index (Phi) is 4.72. The molecule has 1 aromatic rings. The predicted molar refractivity (Wildman–Crippen MR) is 72.7 cm³/mol. The van der Waals surface area contributed by atoms with Crippen molar-refractivity contribution >= 4 is 21.4 Å². The van der Waals surface area contributed by atoms with Gasteiger partial charge in [-0.1, -0.05) is 37.2 Å². The molecule has 0 unspecified atom stereocenters. The van der Waals surface area contributed by atoms with Crippen LogP contribution in [0.1, 0.15) is 26.3 Å². The van der Waals surface area contributed by atoms with Crippen molar-refractivity contribution in [3.05, 3.63) is 29.8 Å². The molecule has 0 aliphatic heterocycles. The quantitative estimate of drug-likeness (QED) is 0.489. The molecule has 100 valence electrons. The number of oxime groups is 1. The lowest BCUT2D eigenvalue weighted by atomic mass is 10.1. The lowest BCUT2D eigenvalue weighted by Gasteiger charge is -2.13. The van der Waals surface area contributed by atoms with E-state index in [4.69, 9.17) is 5.21 Å². The zero-order valence-corrected chi connectivity index (χ0v) is 11.5. The molecule has 0 saturated heterocycles. The molecule has 0 heterocycles. The highest BCUT2D eigenvalue weighted by Gasteiger charge is 2.15. The van der Waals surface area contributed by atoms with Crippen molar-refractivity contribution in [3.8, 4) is 0 Å². The number of rotatable bonds is 5. The Labute approximate surface area is 108 Å². The molecule has 1 aromatic carbocycles. The lowest BCUT2D eigenvalue weighted by Crippen LogP contribution is -2.21. The topological polar surface area (TPSA) is 78.8 Å². The van der Waals surface area contributed by atoms with Crippen molar-refractivity contribution in [3.63, 3.8) is 0 Å². The summed E-state index contributed by atoms with van der Waals surface area (Å²) in [7, 11) is -3.38. The summed E-state index contributed by atoms with van der Waals surface area (Å²) in [5.74, 6) is 0.0960. The summed E-state index contributed by atoms with van der Waals surface area (Å²) in [6, 6.07) is 6.82. The fourth-order valence-electron chi connectivity index (χ4n) is 1.59. The number of nitrogens with zero attached hydrogens (tertiary/aromatic N) is 1. The molecule has 0 aromatic heterocycles. The van der Waals surface area contributed by atoms with Crippen LogP contribution in [0.5, 0.6) is 0 Å². The molecule has 18 heavy (non-hydrogen) atoms. The Balaban J connectivity index is 3.05. The van der Waals surface area contributed by atoms with Crippen LogP contribution in [0.15, 0.2) is 29.4 Å². The molecule has 0 radical (unpaired) electrons. The van der Waals surface area contributed by atoms with Gasteiger partial charge in [0.1, 0.15) is 0 Å². The van der Waals surface area contributed by atoms with E-state index in [2.05, 4.69) is 9.88 Å². The van der Waals surface area contributed by atoms with Gasteiger partial charge < -0.3 is 5.21 Å². The Hall–Kier alpha value is -1.56. The van der Waals surface area contributed by atoms with Gasteiger partial charge in [-0.2, -0.15) is 0 Å². The van der Waals surface area contributed by atoms with Crippen LogP contribution in [-0.2, 0) is 10.0 Å². The number of anilines is 1. The van der Waals surface area contributed by atoms with E-state index in [1.807, 2.05) is 13.8 Å². The first-order valence-corrected chi connectivity index (χ1v) is 7.29. The summed E-state index contributed by atoms with van der Waals surface area (Å²) < 4.78 is 26.2. The van der Waals surface area contributed by atoms with E-state index in [0.717, 1.165) is 0 Å². The molecule has 6 heteroatoms. The van der Waals surface area contributed by atoms with Gasteiger partial charge in [-0.15, -0.1) is 0 Å². The molecule has 0 spiro atoms. The molecule has 0 bridgehead atoms. The Bertz CT molecular complexity index is 536. The largest absolute Gasteiger partial charge is 0.411 e. The van der Waals surface area contributed by atoms with Crippen LogP contribution in [-0.4, -0.2) is 25.1 Å². The normalized spacial score (nSPS) is 12.8. The van der Waals surface area contributed by atoms with Crippen LogP contribution in [0.2, 0.25) is 0 Å². The highest BCUT2D eigenvalue weighted by molar-refractivity contribution is 7.92. The number of nitrogens with one attached hydrogen (secondary N) is 1. The third kappa shape index (κ3) is 4.03. The van der Waals surface area contributed by atoms with Crippen molar-refractivity contribution in [2.75, 3.05) is 10.5 Å². The second kappa shape index (κ2) is 5.86. The molecular formula is C12H18N2O3S. The first-order chi connectivity index (χ1) is 8.35. The van der Waals surface area contributed by atoms with E-state index in [-0.39, 0.29) is 11.7 Å². The Morgan fingerprint density at radius 3 is 2.56 bits per heavy atom. The zero-order chi connectivity index (χ0) is 13.8. The van der Waals surface area contributed by atoms with Gasteiger partial charge in [-0.25, -0.2) is 8.42 Å². The van der Waals surface area contributed by atoms with Crippen LogP contribution >= 0.6 is 0 Å². The van der Waals surface area contributed by atoms with E-state index in [1.54, 1.807) is 31.2 Å². The van der Waals surface area contributed by atoms with Crippen LogP contribution < -0.4 is 4.72 Å². The van der Waals surface area contributed by atoms with E-state index >= 15 is 0 Å². The van der Waals surface area contributed by atoms with Crippen molar-refractivity contribution in [1.82, 2.24) is 0 Å². The lowest BCUT2D eigenvalue weighted by molar-refractivity contribution is 0.319. The van der Waals surface area contributed by atoms with Gasteiger partial charge >= 0.3 is 0 Å². The van der Waals surface area contributed by atoms with E-state index in [0.29, 0.717) is 17.0 Å². The minimum absolute atomic E-state index is 0.0438. The minimum atomic E-state index is -3.38. The zero-order valence-electron chi connectivity index (χ0n) is 10.7. The molecule has 0 saturated carbocycles. The number of para-hydroxylation sites is 1. The molecule has 0 aliphatic carbocycles.